The summed E-state index contributed by atoms with van der Waals surface area (Å²) < 4.78 is 1.37. The molecule has 2 aromatic rings. The molecule has 2 heterocycles. The second-order valence-corrected chi connectivity index (χ2v) is 8.35. The molecule has 1 atom stereocenters. The third-order valence-corrected chi connectivity index (χ3v) is 5.95. The standard InChI is InChI=1S/C22H30N4O3/c1-14(2)16(4)24-21(28)17-8-10-25(11-9-17)19(27)12-26-13-23-20-15(3)6-5-7-18(20)22(26)29/h5-7,13-14,16-17H,8-12H2,1-4H3,(H,24,28). The van der Waals surface area contributed by atoms with E-state index in [-0.39, 0.29) is 35.9 Å². The molecule has 1 fully saturated rings. The molecule has 7 nitrogen and oxygen atoms in total. The number of nitrogens with zero attached hydrogens (tertiary/aromatic N) is 3. The van der Waals surface area contributed by atoms with Crippen LogP contribution in [-0.2, 0) is 16.1 Å². The lowest BCUT2D eigenvalue weighted by atomic mass is 9.94. The van der Waals surface area contributed by atoms with Crippen LogP contribution in [0.15, 0.2) is 29.3 Å². The molecule has 1 saturated heterocycles. The maximum absolute atomic E-state index is 12.7. The van der Waals surface area contributed by atoms with Crippen LogP contribution < -0.4 is 10.9 Å². The third-order valence-electron chi connectivity index (χ3n) is 5.95. The number of rotatable bonds is 5. The Balaban J connectivity index is 1.61. The van der Waals surface area contributed by atoms with Crippen LogP contribution in [0.3, 0.4) is 0 Å². The Morgan fingerprint density at radius 2 is 1.90 bits per heavy atom. The lowest BCUT2D eigenvalue weighted by Crippen LogP contribution is -2.46. The number of likely N-dealkylation sites (tertiary alicyclic amines) is 1. The summed E-state index contributed by atoms with van der Waals surface area (Å²) in [5.41, 5.74) is 1.40. The average molecular weight is 399 g/mol. The first-order valence-corrected chi connectivity index (χ1v) is 10.3. The van der Waals surface area contributed by atoms with Crippen LogP contribution in [0, 0.1) is 18.8 Å². The maximum Gasteiger partial charge on any atom is 0.261 e. The number of piperidine rings is 1. The van der Waals surface area contributed by atoms with E-state index in [1.807, 2.05) is 26.0 Å². The van der Waals surface area contributed by atoms with Crippen LogP contribution in [0.4, 0.5) is 0 Å². The fraction of sp³-hybridized carbons (Fsp3) is 0.545. The van der Waals surface area contributed by atoms with Gasteiger partial charge in [0, 0.05) is 25.0 Å². The molecule has 1 unspecified atom stereocenters. The molecule has 1 aromatic carbocycles. The average Bonchev–Trinajstić information content (AvgIpc) is 2.70. The number of para-hydroxylation sites is 1. The van der Waals surface area contributed by atoms with Crippen LogP contribution >= 0.6 is 0 Å². The normalized spacial score (nSPS) is 16.2. The molecule has 1 aliphatic heterocycles. The van der Waals surface area contributed by atoms with Gasteiger partial charge in [0.05, 0.1) is 17.2 Å². The summed E-state index contributed by atoms with van der Waals surface area (Å²) in [5.74, 6) is 0.283. The third kappa shape index (κ3) is 4.66. The lowest BCUT2D eigenvalue weighted by molar-refractivity contribution is -0.136. The number of aromatic nitrogens is 2. The van der Waals surface area contributed by atoms with E-state index < -0.39 is 0 Å². The zero-order valence-corrected chi connectivity index (χ0v) is 17.6. The minimum Gasteiger partial charge on any atom is -0.353 e. The molecule has 2 amide bonds. The van der Waals surface area contributed by atoms with Gasteiger partial charge in [-0.1, -0.05) is 26.0 Å². The molecule has 1 aliphatic rings. The molecule has 0 saturated carbocycles. The van der Waals surface area contributed by atoms with E-state index >= 15 is 0 Å². The topological polar surface area (TPSA) is 84.3 Å². The summed E-state index contributed by atoms with van der Waals surface area (Å²) >= 11 is 0. The van der Waals surface area contributed by atoms with Crippen molar-refractivity contribution in [3.05, 3.63) is 40.4 Å². The minimum atomic E-state index is -0.205. The number of carbonyl (C=O) groups is 2. The fourth-order valence-electron chi connectivity index (χ4n) is 3.60. The Bertz CT molecular complexity index is 958. The number of nitrogens with one attached hydrogen (secondary N) is 1. The van der Waals surface area contributed by atoms with Crippen molar-refractivity contribution in [2.45, 2.75) is 53.1 Å². The Kier molecular flexibility index (Phi) is 6.35. The number of benzene rings is 1. The van der Waals surface area contributed by atoms with Gasteiger partial charge < -0.3 is 10.2 Å². The fourth-order valence-corrected chi connectivity index (χ4v) is 3.60. The first kappa shape index (κ1) is 21.0. The van der Waals surface area contributed by atoms with E-state index in [0.717, 1.165) is 5.56 Å². The highest BCUT2D eigenvalue weighted by molar-refractivity contribution is 5.82. The first-order chi connectivity index (χ1) is 13.8. The molecule has 0 spiro atoms. The number of fused-ring (bicyclic) bond motifs is 1. The highest BCUT2D eigenvalue weighted by atomic mass is 16.2. The number of aryl methyl sites for hydroxylation is 1. The molecular formula is C22H30N4O3. The van der Waals surface area contributed by atoms with Gasteiger partial charge in [0.2, 0.25) is 11.8 Å². The van der Waals surface area contributed by atoms with Gasteiger partial charge in [0.25, 0.3) is 5.56 Å². The zero-order valence-electron chi connectivity index (χ0n) is 17.6. The van der Waals surface area contributed by atoms with Gasteiger partial charge in [-0.3, -0.25) is 19.0 Å². The van der Waals surface area contributed by atoms with Gasteiger partial charge in [0.15, 0.2) is 0 Å². The van der Waals surface area contributed by atoms with Crippen molar-refractivity contribution in [1.29, 1.82) is 0 Å². The van der Waals surface area contributed by atoms with Crippen LogP contribution in [0.25, 0.3) is 10.9 Å². The molecule has 7 heteroatoms. The quantitative estimate of drug-likeness (QED) is 0.836. The van der Waals surface area contributed by atoms with E-state index in [2.05, 4.69) is 24.1 Å². The maximum atomic E-state index is 12.7. The number of hydrogen-bond donors (Lipinski definition) is 1. The van der Waals surface area contributed by atoms with Crippen molar-refractivity contribution in [3.63, 3.8) is 0 Å². The molecule has 29 heavy (non-hydrogen) atoms. The van der Waals surface area contributed by atoms with Crippen LogP contribution in [-0.4, -0.2) is 45.4 Å². The largest absolute Gasteiger partial charge is 0.353 e. The van der Waals surface area contributed by atoms with Crippen molar-refractivity contribution in [2.24, 2.45) is 11.8 Å². The van der Waals surface area contributed by atoms with Crippen molar-refractivity contribution in [2.75, 3.05) is 13.1 Å². The van der Waals surface area contributed by atoms with Crippen LogP contribution in [0.5, 0.6) is 0 Å². The van der Waals surface area contributed by atoms with Gasteiger partial charge in [0.1, 0.15) is 6.54 Å². The van der Waals surface area contributed by atoms with Gasteiger partial charge in [-0.2, -0.15) is 0 Å². The van der Waals surface area contributed by atoms with E-state index in [1.165, 1.54) is 10.9 Å². The van der Waals surface area contributed by atoms with Crippen molar-refractivity contribution in [3.8, 4) is 0 Å². The predicted molar refractivity (Wildman–Crippen MR) is 112 cm³/mol. The van der Waals surface area contributed by atoms with E-state index in [0.29, 0.717) is 42.8 Å². The number of hydrogen-bond acceptors (Lipinski definition) is 4. The summed E-state index contributed by atoms with van der Waals surface area (Å²) in [5, 5.41) is 3.59. The molecule has 0 aliphatic carbocycles. The van der Waals surface area contributed by atoms with Crippen LogP contribution in [0.2, 0.25) is 0 Å². The monoisotopic (exact) mass is 398 g/mol. The molecule has 0 radical (unpaired) electrons. The van der Waals surface area contributed by atoms with Gasteiger partial charge >= 0.3 is 0 Å². The predicted octanol–water partition coefficient (Wildman–Crippen LogP) is 2.10. The van der Waals surface area contributed by atoms with Crippen molar-refractivity contribution in [1.82, 2.24) is 19.8 Å². The summed E-state index contributed by atoms with van der Waals surface area (Å²) in [6, 6.07) is 5.61. The SMILES string of the molecule is Cc1cccc2c(=O)n(CC(=O)N3CCC(C(=O)NC(C)C(C)C)CC3)cnc12. The second-order valence-electron chi connectivity index (χ2n) is 8.35. The minimum absolute atomic E-state index is 0.0308. The highest BCUT2D eigenvalue weighted by Gasteiger charge is 2.28. The summed E-state index contributed by atoms with van der Waals surface area (Å²) in [6.45, 7) is 9.11. The summed E-state index contributed by atoms with van der Waals surface area (Å²) in [6.07, 6.45) is 2.74. The molecular weight excluding hydrogens is 368 g/mol. The highest BCUT2D eigenvalue weighted by Crippen LogP contribution is 2.19. The van der Waals surface area contributed by atoms with Gasteiger partial charge in [-0.15, -0.1) is 0 Å². The van der Waals surface area contributed by atoms with E-state index in [4.69, 9.17) is 0 Å². The Labute approximate surface area is 171 Å². The summed E-state index contributed by atoms with van der Waals surface area (Å²) in [4.78, 5) is 43.9. The molecule has 0 bridgehead atoms. The van der Waals surface area contributed by atoms with E-state index in [9.17, 15) is 14.4 Å². The molecule has 1 N–H and O–H groups in total. The smallest absolute Gasteiger partial charge is 0.261 e. The molecule has 3 rings (SSSR count). The van der Waals surface area contributed by atoms with Gasteiger partial charge in [-0.05, 0) is 44.2 Å². The van der Waals surface area contributed by atoms with Crippen molar-refractivity contribution >= 4 is 22.7 Å². The van der Waals surface area contributed by atoms with Crippen molar-refractivity contribution < 1.29 is 9.59 Å². The molecule has 1 aromatic heterocycles. The molecule has 156 valence electrons. The van der Waals surface area contributed by atoms with Crippen LogP contribution in [0.1, 0.15) is 39.2 Å². The van der Waals surface area contributed by atoms with E-state index in [1.54, 1.807) is 11.0 Å². The van der Waals surface area contributed by atoms with Gasteiger partial charge in [-0.25, -0.2) is 4.98 Å². The number of amides is 2. The Morgan fingerprint density at radius 3 is 2.55 bits per heavy atom. The Hall–Kier alpha value is -2.70. The zero-order chi connectivity index (χ0) is 21.1. The second kappa shape index (κ2) is 8.76. The first-order valence-electron chi connectivity index (χ1n) is 10.3. The Morgan fingerprint density at radius 1 is 1.21 bits per heavy atom. The lowest BCUT2D eigenvalue weighted by Gasteiger charge is -2.32. The summed E-state index contributed by atoms with van der Waals surface area (Å²) in [7, 11) is 0. The number of carbonyl (C=O) groups excluding carboxylic acids is 2.